The number of aliphatic hydroxyl groups is 2. The zero-order valence-corrected chi connectivity index (χ0v) is 20.9. The Bertz CT molecular complexity index is 1190. The van der Waals surface area contributed by atoms with Crippen LogP contribution in [0.2, 0.25) is 5.15 Å². The van der Waals surface area contributed by atoms with Crippen LogP contribution in [-0.4, -0.2) is 70.4 Å². The molecule has 2 amide bonds. The van der Waals surface area contributed by atoms with Crippen molar-refractivity contribution in [3.63, 3.8) is 0 Å². The van der Waals surface area contributed by atoms with E-state index in [2.05, 4.69) is 10.3 Å². The monoisotopic (exact) mass is 517 g/mol. The van der Waals surface area contributed by atoms with E-state index >= 15 is 0 Å². The first-order valence-electron chi connectivity index (χ1n) is 11.9. The molecular weight excluding hydrogens is 489 g/mol. The van der Waals surface area contributed by atoms with Crippen LogP contribution in [0, 0.1) is 5.82 Å². The van der Waals surface area contributed by atoms with Gasteiger partial charge in [0, 0.05) is 37.7 Å². The Morgan fingerprint density at radius 3 is 2.56 bits per heavy atom. The van der Waals surface area contributed by atoms with Crippen LogP contribution in [0.4, 0.5) is 4.39 Å². The molecule has 1 fully saturated rings. The van der Waals surface area contributed by atoms with Gasteiger partial charge in [0.15, 0.2) is 6.10 Å². The van der Waals surface area contributed by atoms with E-state index in [1.54, 1.807) is 17.0 Å². The van der Waals surface area contributed by atoms with Crippen LogP contribution in [0.25, 0.3) is 5.57 Å². The summed E-state index contributed by atoms with van der Waals surface area (Å²) in [7, 11) is 1.43. The number of amides is 2. The molecule has 2 aromatic rings. The lowest BCUT2D eigenvalue weighted by Crippen LogP contribution is -2.47. The van der Waals surface area contributed by atoms with Gasteiger partial charge in [-0.3, -0.25) is 9.59 Å². The molecule has 0 spiro atoms. The minimum Gasteiger partial charge on any atom is -0.473 e. The Hall–Kier alpha value is -3.01. The normalized spacial score (nSPS) is 17.8. The van der Waals surface area contributed by atoms with Crippen LogP contribution >= 0.6 is 11.6 Å². The van der Waals surface area contributed by atoms with E-state index in [0.717, 1.165) is 11.1 Å². The second-order valence-corrected chi connectivity index (χ2v) is 9.53. The zero-order chi connectivity index (χ0) is 26.0. The molecule has 2 aliphatic heterocycles. The number of halogens is 2. The van der Waals surface area contributed by atoms with Crippen molar-refractivity contribution >= 4 is 29.0 Å². The van der Waals surface area contributed by atoms with Crippen molar-refractivity contribution < 1.29 is 28.9 Å². The summed E-state index contributed by atoms with van der Waals surface area (Å²) in [6.45, 7) is 2.63. The number of aromatic nitrogens is 1. The van der Waals surface area contributed by atoms with Crippen LogP contribution in [0.1, 0.15) is 47.7 Å². The number of nitrogens with zero attached hydrogens (tertiary/aromatic N) is 2. The summed E-state index contributed by atoms with van der Waals surface area (Å²) in [5, 5.41) is 24.1. The second-order valence-electron chi connectivity index (χ2n) is 9.18. The van der Waals surface area contributed by atoms with Gasteiger partial charge in [0.25, 0.3) is 11.8 Å². The third kappa shape index (κ3) is 5.23. The summed E-state index contributed by atoms with van der Waals surface area (Å²) in [6.07, 6.45) is 0.132. The van der Waals surface area contributed by atoms with Crippen LogP contribution in [-0.2, 0) is 11.2 Å². The molecular formula is C26H29ClFN3O5. The minimum atomic E-state index is -1.45. The molecule has 3 N–H and O–H groups in total. The maximum atomic E-state index is 13.4. The van der Waals surface area contributed by atoms with Crippen LogP contribution in [0.15, 0.2) is 35.9 Å². The summed E-state index contributed by atoms with van der Waals surface area (Å²) < 4.78 is 18.9. The number of benzene rings is 1. The summed E-state index contributed by atoms with van der Waals surface area (Å²) in [5.74, 6) is -1.13. The molecule has 8 nitrogen and oxygen atoms in total. The predicted molar refractivity (Wildman–Crippen MR) is 132 cm³/mol. The second kappa shape index (κ2) is 10.5. The number of piperidine rings is 1. The lowest BCUT2D eigenvalue weighted by Gasteiger charge is -2.38. The number of ether oxygens (including phenoxy) is 1. The van der Waals surface area contributed by atoms with Crippen LogP contribution in [0.3, 0.4) is 0 Å². The Morgan fingerprint density at radius 2 is 1.94 bits per heavy atom. The summed E-state index contributed by atoms with van der Waals surface area (Å²) >= 11 is 6.36. The smallest absolute Gasteiger partial charge is 0.257 e. The van der Waals surface area contributed by atoms with Gasteiger partial charge in [-0.15, -0.1) is 0 Å². The lowest BCUT2D eigenvalue weighted by molar-refractivity contribution is -0.126. The van der Waals surface area contributed by atoms with Gasteiger partial charge in [-0.1, -0.05) is 30.7 Å². The largest absolute Gasteiger partial charge is 0.473 e. The first kappa shape index (κ1) is 26.1. The summed E-state index contributed by atoms with van der Waals surface area (Å²) in [5.41, 5.74) is 1.38. The number of aliphatic hydroxyl groups excluding tert-OH is 1. The number of carbonyl (C=O) groups excluding carboxylic acids is 2. The zero-order valence-electron chi connectivity index (χ0n) is 20.2. The van der Waals surface area contributed by atoms with E-state index < -0.39 is 17.6 Å². The van der Waals surface area contributed by atoms with Crippen molar-refractivity contribution in [1.29, 1.82) is 0 Å². The van der Waals surface area contributed by atoms with E-state index in [1.165, 1.54) is 25.2 Å². The SMILES string of the molecule is CCC1=C(C(O)C(=O)NC)c2cc(C(=O)N3CCC(O)(Cc4ccc(F)cc4)CC3)c(Cl)nc2OC1. The van der Waals surface area contributed by atoms with Crippen molar-refractivity contribution in [3.05, 3.63) is 63.6 Å². The highest BCUT2D eigenvalue weighted by Gasteiger charge is 2.36. The van der Waals surface area contributed by atoms with E-state index in [4.69, 9.17) is 16.3 Å². The fourth-order valence-electron chi connectivity index (χ4n) is 4.71. The number of rotatable bonds is 6. The highest BCUT2D eigenvalue weighted by molar-refractivity contribution is 6.32. The number of pyridine rings is 1. The quantitative estimate of drug-likeness (QED) is 0.508. The summed E-state index contributed by atoms with van der Waals surface area (Å²) in [6, 6.07) is 7.53. The van der Waals surface area contributed by atoms with Crippen molar-refractivity contribution in [2.24, 2.45) is 0 Å². The molecule has 1 atom stereocenters. The maximum Gasteiger partial charge on any atom is 0.257 e. The molecule has 1 saturated heterocycles. The van der Waals surface area contributed by atoms with Crippen LogP contribution in [0.5, 0.6) is 5.88 Å². The first-order chi connectivity index (χ1) is 17.2. The highest BCUT2D eigenvalue weighted by Crippen LogP contribution is 2.38. The van der Waals surface area contributed by atoms with E-state index in [-0.39, 0.29) is 34.9 Å². The highest BCUT2D eigenvalue weighted by atomic mass is 35.5. The van der Waals surface area contributed by atoms with E-state index in [0.29, 0.717) is 49.9 Å². The van der Waals surface area contributed by atoms with Gasteiger partial charge in [0.05, 0.1) is 11.2 Å². The van der Waals surface area contributed by atoms with Crippen molar-refractivity contribution in [1.82, 2.24) is 15.2 Å². The number of nitrogens with one attached hydrogen (secondary N) is 1. The fraction of sp³-hybridized carbons (Fsp3) is 0.423. The molecule has 0 aliphatic carbocycles. The van der Waals surface area contributed by atoms with Gasteiger partial charge in [-0.25, -0.2) is 9.37 Å². The minimum absolute atomic E-state index is 0.0420. The molecule has 0 radical (unpaired) electrons. The number of likely N-dealkylation sites (tertiary alicyclic amines) is 1. The van der Waals surface area contributed by atoms with Crippen molar-refractivity contribution in [3.8, 4) is 5.88 Å². The van der Waals surface area contributed by atoms with Gasteiger partial charge in [0.1, 0.15) is 17.6 Å². The molecule has 0 bridgehead atoms. The number of hydrogen-bond acceptors (Lipinski definition) is 6. The van der Waals surface area contributed by atoms with Gasteiger partial charge in [-0.05, 0) is 48.6 Å². The lowest BCUT2D eigenvalue weighted by atomic mass is 9.85. The molecule has 10 heteroatoms. The van der Waals surface area contributed by atoms with Gasteiger partial charge >= 0.3 is 0 Å². The molecule has 3 heterocycles. The average Bonchev–Trinajstić information content (AvgIpc) is 2.88. The molecule has 0 saturated carbocycles. The van der Waals surface area contributed by atoms with Gasteiger partial charge in [0.2, 0.25) is 5.88 Å². The molecule has 36 heavy (non-hydrogen) atoms. The molecule has 2 aliphatic rings. The van der Waals surface area contributed by atoms with Gasteiger partial charge < -0.3 is 25.2 Å². The Balaban J connectivity index is 1.55. The number of likely N-dealkylation sites (N-methyl/N-ethyl adjacent to an activating group) is 1. The fourth-order valence-corrected chi connectivity index (χ4v) is 4.92. The Labute approximate surface area is 213 Å². The van der Waals surface area contributed by atoms with Crippen molar-refractivity contribution in [2.45, 2.75) is 44.3 Å². The maximum absolute atomic E-state index is 13.4. The third-order valence-electron chi connectivity index (χ3n) is 6.85. The molecule has 1 aromatic heterocycles. The van der Waals surface area contributed by atoms with E-state index in [1.807, 2.05) is 6.92 Å². The predicted octanol–water partition coefficient (Wildman–Crippen LogP) is 2.75. The molecule has 1 aromatic carbocycles. The number of fused-ring (bicyclic) bond motifs is 1. The molecule has 192 valence electrons. The van der Waals surface area contributed by atoms with Crippen LogP contribution < -0.4 is 10.1 Å². The average molecular weight is 518 g/mol. The summed E-state index contributed by atoms with van der Waals surface area (Å²) in [4.78, 5) is 31.5. The third-order valence-corrected chi connectivity index (χ3v) is 7.14. The van der Waals surface area contributed by atoms with Gasteiger partial charge in [-0.2, -0.15) is 0 Å². The molecule has 1 unspecified atom stereocenters. The van der Waals surface area contributed by atoms with E-state index in [9.17, 15) is 24.2 Å². The Kier molecular flexibility index (Phi) is 7.63. The molecule has 4 rings (SSSR count). The number of hydrogen-bond donors (Lipinski definition) is 3. The Morgan fingerprint density at radius 1 is 1.28 bits per heavy atom. The van der Waals surface area contributed by atoms with Crippen molar-refractivity contribution in [2.75, 3.05) is 26.7 Å². The first-order valence-corrected chi connectivity index (χ1v) is 12.2. The topological polar surface area (TPSA) is 112 Å². The number of carbonyl (C=O) groups is 2. The standard InChI is InChI=1S/C26H29ClFN3O5/c1-3-16-14-36-24-18(20(16)21(32)23(33)29-2)12-19(22(27)30-24)25(34)31-10-8-26(35,9-11-31)13-15-4-6-17(28)7-5-15/h4-7,12,21,32,35H,3,8-11,13-14H2,1-2H3,(H,29,33).